The zero-order valence-electron chi connectivity index (χ0n) is 9.93. The van der Waals surface area contributed by atoms with Crippen LogP contribution in [0.5, 0.6) is 0 Å². The molecule has 1 aromatic heterocycles. The number of rotatable bonds is 4. The van der Waals surface area contributed by atoms with Crippen LogP contribution in [0.15, 0.2) is 16.5 Å². The fourth-order valence-corrected chi connectivity index (χ4v) is 3.92. The Morgan fingerprint density at radius 2 is 2.18 bits per heavy atom. The molecule has 0 amide bonds. The van der Waals surface area contributed by atoms with Gasteiger partial charge in [0.15, 0.2) is 9.84 Å². The fourth-order valence-electron chi connectivity index (χ4n) is 2.11. The molecule has 1 aliphatic heterocycles. The molecule has 2 N–H and O–H groups in total. The Hall–Kier alpha value is -0.850. The number of hydrogen-bond acceptors (Lipinski definition) is 5. The summed E-state index contributed by atoms with van der Waals surface area (Å²) in [6, 6.07) is 3.85. The smallest absolute Gasteiger partial charge is 0.151 e. The van der Waals surface area contributed by atoms with Crippen molar-refractivity contribution in [1.29, 1.82) is 0 Å². The summed E-state index contributed by atoms with van der Waals surface area (Å²) < 4.78 is 28.3. The molecule has 2 heterocycles. The summed E-state index contributed by atoms with van der Waals surface area (Å²) in [6.07, 6.45) is 0.712. The quantitative estimate of drug-likeness (QED) is 0.843. The first-order chi connectivity index (χ1) is 8.00. The molecule has 0 bridgehead atoms. The lowest BCUT2D eigenvalue weighted by Crippen LogP contribution is -2.31. The molecule has 17 heavy (non-hydrogen) atoms. The van der Waals surface area contributed by atoms with Crippen LogP contribution in [0.25, 0.3) is 0 Å². The maximum Gasteiger partial charge on any atom is 0.151 e. The number of sulfone groups is 1. The maximum atomic E-state index is 11.4. The van der Waals surface area contributed by atoms with Gasteiger partial charge in [-0.25, -0.2) is 8.42 Å². The summed E-state index contributed by atoms with van der Waals surface area (Å²) in [5, 5.41) is 0. The van der Waals surface area contributed by atoms with Gasteiger partial charge >= 0.3 is 0 Å². The van der Waals surface area contributed by atoms with Gasteiger partial charge in [0.2, 0.25) is 0 Å². The van der Waals surface area contributed by atoms with E-state index in [0.717, 1.165) is 11.5 Å². The Bertz CT molecular complexity index is 481. The van der Waals surface area contributed by atoms with E-state index >= 15 is 0 Å². The summed E-state index contributed by atoms with van der Waals surface area (Å²) in [5.74, 6) is 2.15. The van der Waals surface area contributed by atoms with Crippen molar-refractivity contribution in [3.8, 4) is 0 Å². The van der Waals surface area contributed by atoms with Gasteiger partial charge in [-0.05, 0) is 25.6 Å². The Kier molecular flexibility index (Phi) is 3.56. The summed E-state index contributed by atoms with van der Waals surface area (Å²) in [6.45, 7) is 1.02. The molecule has 1 saturated heterocycles. The minimum absolute atomic E-state index is 0.103. The summed E-state index contributed by atoms with van der Waals surface area (Å²) in [4.78, 5) is 2.03. The largest absolute Gasteiger partial charge is 0.463 e. The Morgan fingerprint density at radius 3 is 2.71 bits per heavy atom. The zero-order chi connectivity index (χ0) is 12.5. The van der Waals surface area contributed by atoms with Crippen molar-refractivity contribution in [3.63, 3.8) is 0 Å². The fraction of sp³-hybridized carbons (Fsp3) is 0.636. The SMILES string of the molecule is CN(Cc1ccc(CN)o1)C1CCS(=O)(=O)C1. The standard InChI is InChI=1S/C11H18N2O3S/c1-13(9-4-5-17(14,15)8-9)7-11-3-2-10(6-12)16-11/h2-3,9H,4-8,12H2,1H3. The van der Waals surface area contributed by atoms with Crippen LogP contribution in [-0.2, 0) is 22.9 Å². The normalized spacial score (nSPS) is 23.4. The highest BCUT2D eigenvalue weighted by atomic mass is 32.2. The topological polar surface area (TPSA) is 76.5 Å². The molecule has 1 atom stereocenters. The molecule has 5 nitrogen and oxygen atoms in total. The van der Waals surface area contributed by atoms with E-state index in [-0.39, 0.29) is 11.8 Å². The molecule has 1 fully saturated rings. The van der Waals surface area contributed by atoms with Gasteiger partial charge in [0, 0.05) is 6.04 Å². The number of hydrogen-bond donors (Lipinski definition) is 1. The Morgan fingerprint density at radius 1 is 1.47 bits per heavy atom. The van der Waals surface area contributed by atoms with E-state index in [1.54, 1.807) is 0 Å². The number of nitrogens with zero attached hydrogens (tertiary/aromatic N) is 1. The molecule has 1 unspecified atom stereocenters. The highest BCUT2D eigenvalue weighted by Gasteiger charge is 2.30. The second-order valence-electron chi connectivity index (χ2n) is 4.54. The van der Waals surface area contributed by atoms with E-state index < -0.39 is 9.84 Å². The summed E-state index contributed by atoms with van der Waals surface area (Å²) in [7, 11) is -0.898. The third-order valence-electron chi connectivity index (χ3n) is 3.16. The second kappa shape index (κ2) is 4.80. The highest BCUT2D eigenvalue weighted by Crippen LogP contribution is 2.19. The molecule has 0 aliphatic carbocycles. The van der Waals surface area contributed by atoms with E-state index in [0.29, 0.717) is 25.3 Å². The maximum absolute atomic E-state index is 11.4. The lowest BCUT2D eigenvalue weighted by Gasteiger charge is -2.21. The highest BCUT2D eigenvalue weighted by molar-refractivity contribution is 7.91. The second-order valence-corrected chi connectivity index (χ2v) is 6.77. The van der Waals surface area contributed by atoms with E-state index in [9.17, 15) is 8.42 Å². The first kappa shape index (κ1) is 12.6. The summed E-state index contributed by atoms with van der Waals surface area (Å²) in [5.41, 5.74) is 5.46. The third-order valence-corrected chi connectivity index (χ3v) is 4.91. The van der Waals surface area contributed by atoms with Crippen LogP contribution in [0.3, 0.4) is 0 Å². The van der Waals surface area contributed by atoms with E-state index in [4.69, 9.17) is 10.2 Å². The predicted octanol–water partition coefficient (Wildman–Crippen LogP) is 0.357. The van der Waals surface area contributed by atoms with Crippen LogP contribution in [0, 0.1) is 0 Å². The van der Waals surface area contributed by atoms with Gasteiger partial charge < -0.3 is 10.2 Å². The third kappa shape index (κ3) is 3.08. The van der Waals surface area contributed by atoms with Gasteiger partial charge in [0.25, 0.3) is 0 Å². The summed E-state index contributed by atoms with van der Waals surface area (Å²) >= 11 is 0. The zero-order valence-corrected chi connectivity index (χ0v) is 10.7. The van der Waals surface area contributed by atoms with Crippen LogP contribution in [0.2, 0.25) is 0 Å². The molecule has 2 rings (SSSR count). The Balaban J connectivity index is 1.95. The molecule has 1 aromatic rings. The van der Waals surface area contributed by atoms with Crippen molar-refractivity contribution in [1.82, 2.24) is 4.90 Å². The van der Waals surface area contributed by atoms with Gasteiger partial charge in [-0.1, -0.05) is 0 Å². The van der Waals surface area contributed by atoms with Gasteiger partial charge in [-0.3, -0.25) is 4.90 Å². The molecule has 0 aromatic carbocycles. The van der Waals surface area contributed by atoms with Crippen LogP contribution in [-0.4, -0.2) is 37.9 Å². The molecule has 1 aliphatic rings. The lowest BCUT2D eigenvalue weighted by molar-refractivity contribution is 0.231. The monoisotopic (exact) mass is 258 g/mol. The van der Waals surface area contributed by atoms with Crippen molar-refractivity contribution in [2.75, 3.05) is 18.6 Å². The number of nitrogens with two attached hydrogens (primary N) is 1. The molecule has 96 valence electrons. The van der Waals surface area contributed by atoms with Crippen molar-refractivity contribution in [3.05, 3.63) is 23.7 Å². The van der Waals surface area contributed by atoms with Crippen molar-refractivity contribution < 1.29 is 12.8 Å². The van der Waals surface area contributed by atoms with Gasteiger partial charge in [0.1, 0.15) is 11.5 Å². The van der Waals surface area contributed by atoms with Crippen LogP contribution < -0.4 is 5.73 Å². The molecule has 6 heteroatoms. The van der Waals surface area contributed by atoms with E-state index in [1.165, 1.54) is 0 Å². The van der Waals surface area contributed by atoms with Crippen molar-refractivity contribution in [2.24, 2.45) is 5.73 Å². The average molecular weight is 258 g/mol. The average Bonchev–Trinajstić information content (AvgIpc) is 2.84. The van der Waals surface area contributed by atoms with E-state index in [1.807, 2.05) is 24.1 Å². The first-order valence-corrected chi connectivity index (χ1v) is 7.50. The van der Waals surface area contributed by atoms with Crippen molar-refractivity contribution in [2.45, 2.75) is 25.6 Å². The minimum atomic E-state index is -2.82. The molecular weight excluding hydrogens is 240 g/mol. The van der Waals surface area contributed by atoms with Gasteiger partial charge in [-0.15, -0.1) is 0 Å². The van der Waals surface area contributed by atoms with Crippen LogP contribution in [0.1, 0.15) is 17.9 Å². The van der Waals surface area contributed by atoms with Gasteiger partial charge in [-0.2, -0.15) is 0 Å². The molecule has 0 saturated carbocycles. The van der Waals surface area contributed by atoms with E-state index in [2.05, 4.69) is 0 Å². The van der Waals surface area contributed by atoms with Crippen LogP contribution in [0.4, 0.5) is 0 Å². The lowest BCUT2D eigenvalue weighted by atomic mass is 10.2. The van der Waals surface area contributed by atoms with Crippen LogP contribution >= 0.6 is 0 Å². The van der Waals surface area contributed by atoms with Crippen molar-refractivity contribution >= 4 is 9.84 Å². The molecular formula is C11H18N2O3S. The minimum Gasteiger partial charge on any atom is -0.463 e. The number of furan rings is 1. The van der Waals surface area contributed by atoms with Gasteiger partial charge in [0.05, 0.1) is 24.6 Å². The molecule has 0 radical (unpaired) electrons. The molecule has 0 spiro atoms. The Labute approximate surface area is 101 Å². The predicted molar refractivity (Wildman–Crippen MR) is 65.1 cm³/mol. The first-order valence-electron chi connectivity index (χ1n) is 5.68.